The number of carbonyl (C=O) groups is 1. The molecule has 0 spiro atoms. The zero-order valence-electron chi connectivity index (χ0n) is 50.6. The summed E-state index contributed by atoms with van der Waals surface area (Å²) in [6.45, 7) is 4.84. The molecule has 0 radical (unpaired) electrons. The van der Waals surface area contributed by atoms with E-state index < -0.39 is 20.0 Å². The largest absolute Gasteiger partial charge is 0.472 e. The lowest BCUT2D eigenvalue weighted by Crippen LogP contribution is -2.45. The van der Waals surface area contributed by atoms with E-state index in [0.717, 1.165) is 44.9 Å². The second-order valence-electron chi connectivity index (χ2n) is 23.5. The summed E-state index contributed by atoms with van der Waals surface area (Å²) in [6, 6.07) is -0.865. The van der Waals surface area contributed by atoms with Crippen molar-refractivity contribution in [3.8, 4) is 0 Å². The molecule has 0 aromatic carbocycles. The van der Waals surface area contributed by atoms with Crippen LogP contribution in [-0.2, 0) is 18.4 Å². The molecule has 8 nitrogen and oxygen atoms in total. The van der Waals surface area contributed by atoms with Gasteiger partial charge in [0.15, 0.2) is 0 Å². The molecule has 0 heterocycles. The SMILES string of the molecule is CCCCCCCCCCC/C=C\C/C=C\CCCCCCCCCCCCCCCCCC(=O)NC(COP(=O)(O)OCC[N+](C)(C)C)C(O)/C=C/CC/C=C/CCCCCCCCCCCCCCCCCC. The van der Waals surface area contributed by atoms with Gasteiger partial charge in [0, 0.05) is 6.42 Å². The molecule has 9 heteroatoms. The van der Waals surface area contributed by atoms with E-state index >= 15 is 0 Å². The maximum atomic E-state index is 13.0. The number of phosphoric ester groups is 1. The first-order chi connectivity index (χ1) is 36.5. The molecule has 0 saturated carbocycles. The molecule has 0 aromatic heterocycles. The van der Waals surface area contributed by atoms with Crippen LogP contribution in [-0.4, -0.2) is 73.4 Å². The summed E-state index contributed by atoms with van der Waals surface area (Å²) in [5.74, 6) is -0.183. The van der Waals surface area contributed by atoms with E-state index in [1.54, 1.807) is 6.08 Å². The van der Waals surface area contributed by atoms with Gasteiger partial charge in [-0.05, 0) is 64.2 Å². The molecule has 0 aliphatic carbocycles. The van der Waals surface area contributed by atoms with Crippen LogP contribution in [0, 0.1) is 0 Å². The highest BCUT2D eigenvalue weighted by atomic mass is 31.2. The van der Waals surface area contributed by atoms with Gasteiger partial charge in [0.05, 0.1) is 39.9 Å². The predicted octanol–water partition coefficient (Wildman–Crippen LogP) is 20.3. The third kappa shape index (κ3) is 60.0. The lowest BCUT2D eigenvalue weighted by molar-refractivity contribution is -0.870. The Hall–Kier alpha value is -1.54. The Morgan fingerprint density at radius 1 is 0.453 bits per heavy atom. The van der Waals surface area contributed by atoms with Gasteiger partial charge in [-0.2, -0.15) is 0 Å². The van der Waals surface area contributed by atoms with Crippen LogP contribution in [0.5, 0.6) is 0 Å². The van der Waals surface area contributed by atoms with E-state index in [1.807, 2.05) is 27.2 Å². The number of phosphoric acid groups is 1. The lowest BCUT2D eigenvalue weighted by atomic mass is 10.0. The monoisotopic (exact) mass is 1080 g/mol. The van der Waals surface area contributed by atoms with Gasteiger partial charge in [-0.1, -0.05) is 294 Å². The number of allylic oxidation sites excluding steroid dienone is 7. The number of quaternary nitrogens is 1. The topological polar surface area (TPSA) is 105 Å². The van der Waals surface area contributed by atoms with Crippen molar-refractivity contribution < 1.29 is 32.9 Å². The molecule has 0 fully saturated rings. The maximum absolute atomic E-state index is 13.0. The quantitative estimate of drug-likeness (QED) is 0.0243. The molecule has 3 atom stereocenters. The van der Waals surface area contributed by atoms with Gasteiger partial charge in [-0.15, -0.1) is 0 Å². The standard InChI is InChI=1S/C66H127N2O6P/c1-6-8-10-12-14-16-18-20-22-24-26-28-30-31-32-33-34-35-36-37-38-40-42-44-46-48-50-52-54-56-58-60-66(70)67-64(63-74-75(71,72)73-62-61-68(3,4)5)65(69)59-57-55-53-51-49-47-45-43-41-39-29-27-25-23-21-19-17-15-13-11-9-7-2/h26,28,31-32,49,51,57,59,64-65,69H,6-25,27,29-30,33-48,50,52-56,58,60-63H2,1-5H3,(H-,67,70,71,72)/p+1/b28-26-,32-31-,51-49+,59-57+. The van der Waals surface area contributed by atoms with Gasteiger partial charge in [0.1, 0.15) is 13.2 Å². The number of hydrogen-bond acceptors (Lipinski definition) is 5. The van der Waals surface area contributed by atoms with E-state index in [1.165, 1.54) is 250 Å². The highest BCUT2D eigenvalue weighted by Gasteiger charge is 2.27. The van der Waals surface area contributed by atoms with Crippen molar-refractivity contribution in [2.45, 2.75) is 328 Å². The third-order valence-electron chi connectivity index (χ3n) is 14.8. The molecule has 75 heavy (non-hydrogen) atoms. The number of nitrogens with zero attached hydrogens (tertiary/aromatic N) is 1. The minimum absolute atomic E-state index is 0.0564. The summed E-state index contributed by atoms with van der Waals surface area (Å²) in [5.41, 5.74) is 0. The number of amides is 1. The van der Waals surface area contributed by atoms with E-state index in [-0.39, 0.29) is 19.1 Å². The van der Waals surface area contributed by atoms with E-state index in [0.29, 0.717) is 17.4 Å². The van der Waals surface area contributed by atoms with Crippen molar-refractivity contribution >= 4 is 13.7 Å². The number of aliphatic hydroxyl groups excluding tert-OH is 1. The summed E-state index contributed by atoms with van der Waals surface area (Å²) in [6.07, 6.45) is 76.7. The predicted molar refractivity (Wildman–Crippen MR) is 327 cm³/mol. The number of likely N-dealkylation sites (N-methyl/N-ethyl adjacent to an activating group) is 1. The van der Waals surface area contributed by atoms with Gasteiger partial charge in [0.2, 0.25) is 5.91 Å². The fourth-order valence-electron chi connectivity index (χ4n) is 9.68. The molecule has 0 aliphatic rings. The average molecular weight is 1080 g/mol. The molecule has 3 unspecified atom stereocenters. The molecule has 0 aromatic rings. The minimum atomic E-state index is -4.36. The van der Waals surface area contributed by atoms with Crippen LogP contribution in [0.3, 0.4) is 0 Å². The Labute approximate surface area is 467 Å². The Kier molecular flexibility index (Phi) is 56.0. The van der Waals surface area contributed by atoms with Crippen LogP contribution in [0.25, 0.3) is 0 Å². The number of rotatable bonds is 60. The molecule has 0 aliphatic heterocycles. The van der Waals surface area contributed by atoms with E-state index in [9.17, 15) is 19.4 Å². The average Bonchev–Trinajstić information content (AvgIpc) is 3.37. The van der Waals surface area contributed by atoms with Crippen LogP contribution < -0.4 is 5.32 Å². The zero-order valence-corrected chi connectivity index (χ0v) is 51.4. The second kappa shape index (κ2) is 57.2. The van der Waals surface area contributed by atoms with Crippen molar-refractivity contribution in [3.63, 3.8) is 0 Å². The van der Waals surface area contributed by atoms with Crippen molar-refractivity contribution in [2.75, 3.05) is 40.9 Å². The second-order valence-corrected chi connectivity index (χ2v) is 24.9. The summed E-state index contributed by atoms with van der Waals surface area (Å²) in [7, 11) is 1.56. The Bertz CT molecular complexity index is 1360. The van der Waals surface area contributed by atoms with Crippen molar-refractivity contribution in [1.82, 2.24) is 5.32 Å². The number of aliphatic hydroxyl groups is 1. The number of nitrogens with one attached hydrogen (secondary N) is 1. The van der Waals surface area contributed by atoms with Gasteiger partial charge >= 0.3 is 7.82 Å². The highest BCUT2D eigenvalue weighted by Crippen LogP contribution is 2.43. The Morgan fingerprint density at radius 2 is 0.773 bits per heavy atom. The molecule has 3 N–H and O–H groups in total. The summed E-state index contributed by atoms with van der Waals surface area (Å²) in [4.78, 5) is 23.4. The van der Waals surface area contributed by atoms with Crippen molar-refractivity contribution in [2.24, 2.45) is 0 Å². The first-order valence-corrected chi connectivity index (χ1v) is 34.0. The van der Waals surface area contributed by atoms with Gasteiger partial charge in [0.25, 0.3) is 0 Å². The van der Waals surface area contributed by atoms with Crippen molar-refractivity contribution in [1.29, 1.82) is 0 Å². The van der Waals surface area contributed by atoms with Gasteiger partial charge in [-0.3, -0.25) is 13.8 Å². The molecule has 0 rings (SSSR count). The first kappa shape index (κ1) is 73.5. The van der Waals surface area contributed by atoms with Gasteiger partial charge in [-0.25, -0.2) is 4.57 Å². The van der Waals surface area contributed by atoms with Crippen LogP contribution >= 0.6 is 7.82 Å². The molecule has 0 saturated heterocycles. The van der Waals surface area contributed by atoms with Crippen molar-refractivity contribution in [3.05, 3.63) is 48.6 Å². The third-order valence-corrected chi connectivity index (χ3v) is 15.8. The number of hydrogen-bond donors (Lipinski definition) is 3. The normalized spacial score (nSPS) is 14.1. The van der Waals surface area contributed by atoms with Crippen LogP contribution in [0.2, 0.25) is 0 Å². The smallest absolute Gasteiger partial charge is 0.387 e. The number of carbonyl (C=O) groups excluding carboxylic acids is 1. The molecule has 1 amide bonds. The number of unbranched alkanes of at least 4 members (excludes halogenated alkanes) is 41. The van der Waals surface area contributed by atoms with Crippen LogP contribution in [0.1, 0.15) is 316 Å². The molecular formula is C66H128N2O6P+. The minimum Gasteiger partial charge on any atom is -0.387 e. The molecule has 442 valence electrons. The first-order valence-electron chi connectivity index (χ1n) is 32.5. The fraction of sp³-hybridized carbons (Fsp3) is 0.864. The van der Waals surface area contributed by atoms with E-state index in [2.05, 4.69) is 55.6 Å². The summed E-state index contributed by atoms with van der Waals surface area (Å²) >= 11 is 0. The van der Waals surface area contributed by atoms with E-state index in [4.69, 9.17) is 9.05 Å². The lowest BCUT2D eigenvalue weighted by Gasteiger charge is -2.25. The van der Waals surface area contributed by atoms with Crippen LogP contribution in [0.4, 0.5) is 0 Å². The Balaban J connectivity index is 4.12. The molecular weight excluding hydrogens is 948 g/mol. The maximum Gasteiger partial charge on any atom is 0.472 e. The zero-order chi connectivity index (χ0) is 54.9. The fourth-order valence-corrected chi connectivity index (χ4v) is 10.4. The highest BCUT2D eigenvalue weighted by molar-refractivity contribution is 7.47. The van der Waals surface area contributed by atoms with Gasteiger partial charge < -0.3 is 19.8 Å². The summed E-state index contributed by atoms with van der Waals surface area (Å²) < 4.78 is 23.8. The Morgan fingerprint density at radius 3 is 1.15 bits per heavy atom. The molecule has 0 bridgehead atoms. The van der Waals surface area contributed by atoms with Crippen LogP contribution in [0.15, 0.2) is 48.6 Å². The summed E-state index contributed by atoms with van der Waals surface area (Å²) in [5, 5.41) is 14.0.